The van der Waals surface area contributed by atoms with Crippen LogP contribution in [-0.2, 0) is 24.1 Å². The fourth-order valence-electron chi connectivity index (χ4n) is 5.59. The molecule has 2 fully saturated rings. The van der Waals surface area contributed by atoms with Crippen LogP contribution in [0.25, 0.3) is 0 Å². The second-order valence-electron chi connectivity index (χ2n) is 9.67. The number of ether oxygens (including phenoxy) is 1. The maximum Gasteiger partial charge on any atom is 0.232 e. The highest BCUT2D eigenvalue weighted by Gasteiger charge is 2.40. The van der Waals surface area contributed by atoms with Gasteiger partial charge in [-0.05, 0) is 92.6 Å². The van der Waals surface area contributed by atoms with Crippen LogP contribution in [0.1, 0.15) is 54.7 Å². The van der Waals surface area contributed by atoms with Crippen LogP contribution in [0.4, 0.5) is 8.78 Å². The van der Waals surface area contributed by atoms with Crippen LogP contribution in [0.2, 0.25) is 0 Å². The number of rotatable bonds is 9. The van der Waals surface area contributed by atoms with Crippen LogP contribution in [0.5, 0.6) is 5.75 Å². The van der Waals surface area contributed by atoms with Crippen molar-refractivity contribution in [2.24, 2.45) is 0 Å². The predicted molar refractivity (Wildman–Crippen MR) is 124 cm³/mol. The molecule has 178 valence electrons. The van der Waals surface area contributed by atoms with Crippen molar-refractivity contribution in [3.8, 4) is 5.75 Å². The third-order valence-corrected chi connectivity index (χ3v) is 8.25. The number of likely N-dealkylation sites (tertiary alicyclic amines) is 1. The summed E-state index contributed by atoms with van der Waals surface area (Å²) in [5, 5.41) is 0. The Kier molecular flexibility index (Phi) is 6.53. The molecule has 8 heteroatoms. The van der Waals surface area contributed by atoms with E-state index in [2.05, 4.69) is 9.62 Å². The molecule has 2 aromatic carbocycles. The van der Waals surface area contributed by atoms with Crippen LogP contribution in [0, 0.1) is 11.6 Å². The Balaban J connectivity index is 1.34. The average molecular weight is 477 g/mol. The maximum atomic E-state index is 14.9. The number of nitrogens with one attached hydrogen (secondary N) is 1. The Hall–Kier alpha value is -1.87. The second kappa shape index (κ2) is 9.41. The van der Waals surface area contributed by atoms with Gasteiger partial charge < -0.3 is 4.74 Å². The molecule has 2 aliphatic carbocycles. The third kappa shape index (κ3) is 4.85. The van der Waals surface area contributed by atoms with E-state index < -0.39 is 16.8 Å². The van der Waals surface area contributed by atoms with Crippen LogP contribution in [-0.4, -0.2) is 44.9 Å². The number of fused-ring (bicyclic) bond motifs is 1. The Bertz CT molecular complexity index is 1040. The first-order chi connectivity index (χ1) is 15.9. The number of hydrogen-bond acceptors (Lipinski definition) is 3. The largest absolute Gasteiger partial charge is 0.490 e. The first kappa shape index (κ1) is 22.9. The van der Waals surface area contributed by atoms with Gasteiger partial charge in [-0.1, -0.05) is 12.1 Å². The van der Waals surface area contributed by atoms with E-state index in [1.54, 1.807) is 18.2 Å². The molecule has 2 N–H and O–H groups in total. The molecule has 1 saturated carbocycles. The van der Waals surface area contributed by atoms with Crippen molar-refractivity contribution in [3.05, 3.63) is 64.7 Å². The number of halogens is 2. The molecule has 1 heterocycles. The quantitative estimate of drug-likeness (QED) is 0.529. The molecule has 1 aliphatic heterocycles. The predicted octanol–water partition coefficient (Wildman–Crippen LogP) is 4.34. The lowest BCUT2D eigenvalue weighted by molar-refractivity contribution is 0.106. The van der Waals surface area contributed by atoms with Gasteiger partial charge in [0.05, 0.1) is 6.61 Å². The summed E-state index contributed by atoms with van der Waals surface area (Å²) in [6.45, 7) is 2.36. The first-order valence-electron chi connectivity index (χ1n) is 11.7. The standard InChI is InChI=1S/C25H30F2N2O3S/c26-19-5-1-4-17(12-19)13-21-20-16-24(32-11-8-25(6-2-7-25)28-33(30)31)22(27)14-18(20)15-23(21)29-9-3-10-29/h1,4-5,12,14,16,21,23,28H,2-3,6-11,13,15H2,(H,30,31). The summed E-state index contributed by atoms with van der Waals surface area (Å²) >= 11 is -2.08. The molecule has 0 bridgehead atoms. The molecule has 0 radical (unpaired) electrons. The van der Waals surface area contributed by atoms with Crippen molar-refractivity contribution in [3.63, 3.8) is 0 Å². The molecule has 5 rings (SSSR count). The van der Waals surface area contributed by atoms with Crippen molar-refractivity contribution in [1.82, 2.24) is 9.62 Å². The molecular weight excluding hydrogens is 446 g/mol. The van der Waals surface area contributed by atoms with Gasteiger partial charge in [-0.3, -0.25) is 9.45 Å². The van der Waals surface area contributed by atoms with Gasteiger partial charge in [0.1, 0.15) is 5.82 Å². The van der Waals surface area contributed by atoms with Gasteiger partial charge in [-0.2, -0.15) is 0 Å². The minimum Gasteiger partial charge on any atom is -0.490 e. The highest BCUT2D eigenvalue weighted by Crippen LogP contribution is 2.43. The molecule has 0 amide bonds. The first-order valence-corrected chi connectivity index (χ1v) is 12.9. The van der Waals surface area contributed by atoms with Crippen molar-refractivity contribution >= 4 is 11.3 Å². The van der Waals surface area contributed by atoms with E-state index in [1.807, 2.05) is 12.1 Å². The van der Waals surface area contributed by atoms with Crippen LogP contribution in [0.15, 0.2) is 36.4 Å². The summed E-state index contributed by atoms with van der Waals surface area (Å²) in [7, 11) is 0. The van der Waals surface area contributed by atoms with Crippen LogP contribution in [0.3, 0.4) is 0 Å². The van der Waals surface area contributed by atoms with Crippen molar-refractivity contribution in [1.29, 1.82) is 0 Å². The Morgan fingerprint density at radius 2 is 2.00 bits per heavy atom. The lowest BCUT2D eigenvalue weighted by Crippen LogP contribution is -2.52. The smallest absolute Gasteiger partial charge is 0.232 e. The molecule has 0 spiro atoms. The number of benzene rings is 2. The molecule has 5 nitrogen and oxygen atoms in total. The van der Waals surface area contributed by atoms with E-state index in [-0.39, 0.29) is 36.0 Å². The Morgan fingerprint density at radius 3 is 2.64 bits per heavy atom. The normalized spacial score (nSPS) is 24.6. The monoisotopic (exact) mass is 476 g/mol. The third-order valence-electron chi connectivity index (χ3n) is 7.64. The van der Waals surface area contributed by atoms with E-state index in [0.717, 1.165) is 55.5 Å². The molecular formula is C25H30F2N2O3S. The average Bonchev–Trinajstić information content (AvgIpc) is 3.01. The van der Waals surface area contributed by atoms with Gasteiger partial charge in [-0.15, -0.1) is 0 Å². The molecule has 3 unspecified atom stereocenters. The zero-order chi connectivity index (χ0) is 23.0. The summed E-state index contributed by atoms with van der Waals surface area (Å²) in [6.07, 6.45) is 5.83. The maximum absolute atomic E-state index is 14.9. The minimum atomic E-state index is -2.08. The highest BCUT2D eigenvalue weighted by atomic mass is 32.2. The van der Waals surface area contributed by atoms with E-state index >= 15 is 0 Å². The minimum absolute atomic E-state index is 0.154. The fraction of sp³-hybridized carbons (Fsp3) is 0.520. The zero-order valence-corrected chi connectivity index (χ0v) is 19.4. The Labute approximate surface area is 195 Å². The Morgan fingerprint density at radius 1 is 1.18 bits per heavy atom. The van der Waals surface area contributed by atoms with Gasteiger partial charge >= 0.3 is 0 Å². The molecule has 2 aromatic rings. The zero-order valence-electron chi connectivity index (χ0n) is 18.6. The van der Waals surface area contributed by atoms with E-state index in [9.17, 15) is 17.5 Å². The molecule has 33 heavy (non-hydrogen) atoms. The summed E-state index contributed by atoms with van der Waals surface area (Å²) in [4.78, 5) is 2.45. The lowest BCUT2D eigenvalue weighted by atomic mass is 9.75. The number of nitrogens with zero attached hydrogens (tertiary/aromatic N) is 1. The summed E-state index contributed by atoms with van der Waals surface area (Å²) in [5.74, 6) is -0.232. The van der Waals surface area contributed by atoms with E-state index in [0.29, 0.717) is 12.8 Å². The van der Waals surface area contributed by atoms with E-state index in [1.165, 1.54) is 12.5 Å². The summed E-state index contributed by atoms with van der Waals surface area (Å²) in [5.41, 5.74) is 2.63. The topological polar surface area (TPSA) is 61.8 Å². The highest BCUT2D eigenvalue weighted by molar-refractivity contribution is 7.77. The van der Waals surface area contributed by atoms with Crippen molar-refractivity contribution < 1.29 is 22.3 Å². The van der Waals surface area contributed by atoms with Crippen LogP contribution >= 0.6 is 0 Å². The van der Waals surface area contributed by atoms with Gasteiger partial charge in [0.2, 0.25) is 11.3 Å². The van der Waals surface area contributed by atoms with Crippen molar-refractivity contribution in [2.75, 3.05) is 19.7 Å². The van der Waals surface area contributed by atoms with Crippen LogP contribution < -0.4 is 9.46 Å². The molecule has 3 aliphatic rings. The molecule has 1 saturated heterocycles. The van der Waals surface area contributed by atoms with Gasteiger partial charge in [0, 0.05) is 23.9 Å². The SMILES string of the molecule is O=S(O)NC1(CCOc2cc3c(cc2F)CC(N2CCC2)C3Cc2cccc(F)c2)CCC1. The molecule has 0 aromatic heterocycles. The van der Waals surface area contributed by atoms with Gasteiger partial charge in [0.25, 0.3) is 0 Å². The summed E-state index contributed by atoms with van der Waals surface area (Å²) in [6, 6.07) is 10.4. The lowest BCUT2D eigenvalue weighted by Gasteiger charge is -2.41. The van der Waals surface area contributed by atoms with Gasteiger partial charge in [-0.25, -0.2) is 17.7 Å². The van der Waals surface area contributed by atoms with E-state index in [4.69, 9.17) is 4.74 Å². The molecule has 3 atom stereocenters. The van der Waals surface area contributed by atoms with Crippen molar-refractivity contribution in [2.45, 2.75) is 62.4 Å². The second-order valence-corrected chi connectivity index (χ2v) is 10.4. The summed E-state index contributed by atoms with van der Waals surface area (Å²) < 4.78 is 57.7. The fourth-order valence-corrected chi connectivity index (χ4v) is 6.26. The number of hydrogen-bond donors (Lipinski definition) is 2. The van der Waals surface area contributed by atoms with Gasteiger partial charge in [0.15, 0.2) is 11.6 Å².